The van der Waals surface area contributed by atoms with Gasteiger partial charge in [0.25, 0.3) is 0 Å². The van der Waals surface area contributed by atoms with Gasteiger partial charge in [0.2, 0.25) is 7.71 Å². The topological polar surface area (TPSA) is 55.7 Å². The molecule has 3 rings (SSSR count). The van der Waals surface area contributed by atoms with E-state index in [0.717, 1.165) is 25.7 Å². The van der Waals surface area contributed by atoms with E-state index in [2.05, 4.69) is 4.15 Å². The van der Waals surface area contributed by atoms with Crippen LogP contribution >= 0.6 is 7.71 Å². The van der Waals surface area contributed by atoms with Crippen molar-refractivity contribution < 1.29 is 13.2 Å². The standard InChI is InChI=1S/C19H29NO3PS/c1-23-16-12-14-19(15-13-16)25(21,22)20-24(17-8-4-2-5-9-17)18-10-6-3-7-11-18/h12-15,17-18H,2-11H2,1H3/q+1. The summed E-state index contributed by atoms with van der Waals surface area (Å²) in [5.74, 6) is 0.667. The van der Waals surface area contributed by atoms with Crippen molar-refractivity contribution >= 4 is 17.7 Å². The fourth-order valence-corrected chi connectivity index (χ4v) is 9.34. The maximum absolute atomic E-state index is 12.9. The molecule has 0 unspecified atom stereocenters. The van der Waals surface area contributed by atoms with Gasteiger partial charge in [0.1, 0.15) is 17.1 Å². The van der Waals surface area contributed by atoms with Crippen LogP contribution in [-0.4, -0.2) is 26.8 Å². The van der Waals surface area contributed by atoms with Crippen LogP contribution in [0.5, 0.6) is 5.75 Å². The first-order chi connectivity index (χ1) is 12.1. The summed E-state index contributed by atoms with van der Waals surface area (Å²) in [4.78, 5) is 0.299. The van der Waals surface area contributed by atoms with Crippen LogP contribution in [0.15, 0.2) is 33.3 Å². The second-order valence-electron chi connectivity index (χ2n) is 7.20. The second kappa shape index (κ2) is 8.64. The highest BCUT2D eigenvalue weighted by Crippen LogP contribution is 2.50. The Balaban J connectivity index is 1.91. The lowest BCUT2D eigenvalue weighted by Gasteiger charge is -2.22. The minimum atomic E-state index is -3.58. The van der Waals surface area contributed by atoms with Gasteiger partial charge in [-0.15, -0.1) is 0 Å². The van der Waals surface area contributed by atoms with Gasteiger partial charge in [-0.05, 0) is 75.6 Å². The van der Waals surface area contributed by atoms with Crippen molar-refractivity contribution in [2.45, 2.75) is 80.4 Å². The van der Waals surface area contributed by atoms with Gasteiger partial charge >= 0.3 is 10.0 Å². The van der Waals surface area contributed by atoms with Crippen LogP contribution in [0.2, 0.25) is 0 Å². The minimum Gasteiger partial charge on any atom is -0.497 e. The van der Waals surface area contributed by atoms with Crippen LogP contribution in [0.1, 0.15) is 64.2 Å². The zero-order chi connectivity index (χ0) is 17.7. The summed E-state index contributed by atoms with van der Waals surface area (Å²) in [6.45, 7) is 0. The molecular formula is C19H29NO3PS+. The number of hydrogen-bond acceptors (Lipinski definition) is 3. The predicted molar refractivity (Wildman–Crippen MR) is 103 cm³/mol. The van der Waals surface area contributed by atoms with Gasteiger partial charge in [0, 0.05) is 4.15 Å². The first-order valence-electron chi connectivity index (χ1n) is 9.50. The Morgan fingerprint density at radius 2 is 1.36 bits per heavy atom. The average molecular weight is 382 g/mol. The Labute approximate surface area is 152 Å². The van der Waals surface area contributed by atoms with Crippen molar-refractivity contribution in [3.8, 4) is 5.75 Å². The molecule has 0 amide bonds. The molecule has 0 N–H and O–H groups in total. The number of rotatable bonds is 5. The fourth-order valence-electron chi connectivity index (χ4n) is 4.04. The summed E-state index contributed by atoms with van der Waals surface area (Å²) in [7, 11) is -2.82. The molecule has 0 radical (unpaired) electrons. The van der Waals surface area contributed by atoms with Crippen LogP contribution in [0.25, 0.3) is 0 Å². The summed E-state index contributed by atoms with van der Waals surface area (Å²) in [6, 6.07) is 6.64. The molecule has 6 heteroatoms. The highest BCUT2D eigenvalue weighted by molar-refractivity contribution is 7.92. The summed E-state index contributed by atoms with van der Waals surface area (Å²) in [5.41, 5.74) is 1.000. The van der Waals surface area contributed by atoms with E-state index in [4.69, 9.17) is 4.74 Å². The van der Waals surface area contributed by atoms with Crippen molar-refractivity contribution in [2.75, 3.05) is 7.11 Å². The maximum Gasteiger partial charge on any atom is 0.316 e. The molecule has 0 aromatic heterocycles. The zero-order valence-electron chi connectivity index (χ0n) is 15.1. The molecule has 0 heterocycles. The lowest BCUT2D eigenvalue weighted by atomic mass is 10.00. The Hall–Kier alpha value is -0.930. The molecule has 0 spiro atoms. The molecule has 1 aromatic rings. The highest BCUT2D eigenvalue weighted by Gasteiger charge is 2.39. The van der Waals surface area contributed by atoms with E-state index in [-0.39, 0.29) is 0 Å². The number of hydrogen-bond donors (Lipinski definition) is 0. The normalized spacial score (nSPS) is 20.2. The molecule has 0 bridgehead atoms. The van der Waals surface area contributed by atoms with Crippen LogP contribution in [0, 0.1) is 0 Å². The quantitative estimate of drug-likeness (QED) is 0.613. The third-order valence-corrected chi connectivity index (χ3v) is 10.5. The van der Waals surface area contributed by atoms with Crippen LogP contribution < -0.4 is 4.74 Å². The number of ether oxygens (including phenoxy) is 1. The van der Waals surface area contributed by atoms with Gasteiger partial charge in [0.05, 0.1) is 12.0 Å². The van der Waals surface area contributed by atoms with Gasteiger partial charge in [-0.3, -0.25) is 0 Å². The van der Waals surface area contributed by atoms with Gasteiger partial charge in [-0.25, -0.2) is 0 Å². The molecular weight excluding hydrogens is 353 g/mol. The molecule has 2 fully saturated rings. The molecule has 0 saturated heterocycles. The van der Waals surface area contributed by atoms with E-state index >= 15 is 0 Å². The lowest BCUT2D eigenvalue weighted by Crippen LogP contribution is -2.17. The Morgan fingerprint density at radius 1 is 0.880 bits per heavy atom. The Morgan fingerprint density at radius 3 is 1.80 bits per heavy atom. The van der Waals surface area contributed by atoms with Crippen molar-refractivity contribution in [1.29, 1.82) is 0 Å². The van der Waals surface area contributed by atoms with E-state index in [1.165, 1.54) is 38.5 Å². The fraction of sp³-hybridized carbons (Fsp3) is 0.684. The maximum atomic E-state index is 12.9. The molecule has 25 heavy (non-hydrogen) atoms. The van der Waals surface area contributed by atoms with Crippen LogP contribution in [0.4, 0.5) is 0 Å². The summed E-state index contributed by atoms with van der Waals surface area (Å²) in [6.07, 6.45) is 12.1. The van der Waals surface area contributed by atoms with E-state index in [1.54, 1.807) is 31.4 Å². The molecule has 0 atom stereocenters. The molecule has 1 aromatic carbocycles. The third kappa shape index (κ3) is 4.83. The first kappa shape index (κ1) is 18.8. The smallest absolute Gasteiger partial charge is 0.316 e. The van der Waals surface area contributed by atoms with Gasteiger partial charge in [0.15, 0.2) is 0 Å². The third-order valence-electron chi connectivity index (χ3n) is 5.46. The lowest BCUT2D eigenvalue weighted by molar-refractivity contribution is 0.414. The molecule has 4 nitrogen and oxygen atoms in total. The molecule has 138 valence electrons. The van der Waals surface area contributed by atoms with Crippen LogP contribution in [0.3, 0.4) is 0 Å². The Bertz CT molecular complexity index is 668. The first-order valence-corrected chi connectivity index (χ1v) is 12.4. The van der Waals surface area contributed by atoms with Gasteiger partial charge in [-0.2, -0.15) is 8.42 Å². The SMILES string of the molecule is COc1ccc(S(=O)(=O)N=[P+](C2CCCCC2)C2CCCCC2)cc1. The highest BCUT2D eigenvalue weighted by atomic mass is 32.2. The monoisotopic (exact) mass is 382 g/mol. The number of nitrogens with zero attached hydrogens (tertiary/aromatic N) is 1. The van der Waals surface area contributed by atoms with Crippen LogP contribution in [-0.2, 0) is 10.0 Å². The summed E-state index contributed by atoms with van der Waals surface area (Å²) in [5, 5.41) is 0. The number of benzene rings is 1. The van der Waals surface area contributed by atoms with Crippen molar-refractivity contribution in [3.63, 3.8) is 0 Å². The minimum absolute atomic E-state index is 0.299. The molecule has 2 aliphatic rings. The molecule has 2 saturated carbocycles. The van der Waals surface area contributed by atoms with E-state index in [0.29, 0.717) is 22.0 Å². The van der Waals surface area contributed by atoms with E-state index in [9.17, 15) is 8.42 Å². The number of sulfonamides is 1. The molecule has 0 aliphatic heterocycles. The largest absolute Gasteiger partial charge is 0.497 e. The van der Waals surface area contributed by atoms with Gasteiger partial charge in [-0.1, -0.05) is 12.8 Å². The zero-order valence-corrected chi connectivity index (χ0v) is 16.8. The summed E-state index contributed by atoms with van der Waals surface area (Å²) < 4.78 is 35.6. The number of methoxy groups -OCH3 is 1. The Kier molecular flexibility index (Phi) is 6.51. The van der Waals surface area contributed by atoms with E-state index in [1.807, 2.05) is 0 Å². The van der Waals surface area contributed by atoms with Crippen molar-refractivity contribution in [1.82, 2.24) is 0 Å². The average Bonchev–Trinajstić information content (AvgIpc) is 2.67. The molecule has 2 aliphatic carbocycles. The van der Waals surface area contributed by atoms with Gasteiger partial charge < -0.3 is 4.74 Å². The summed E-state index contributed by atoms with van der Waals surface area (Å²) >= 11 is 0. The van der Waals surface area contributed by atoms with Crippen molar-refractivity contribution in [2.24, 2.45) is 4.15 Å². The van der Waals surface area contributed by atoms with E-state index < -0.39 is 17.7 Å². The predicted octanol–water partition coefficient (Wildman–Crippen LogP) is 5.71. The van der Waals surface area contributed by atoms with Crippen molar-refractivity contribution in [3.05, 3.63) is 24.3 Å². The second-order valence-corrected chi connectivity index (χ2v) is 11.5.